The quantitative estimate of drug-likeness (QED) is 0.610. The van der Waals surface area contributed by atoms with E-state index in [2.05, 4.69) is 15.5 Å². The van der Waals surface area contributed by atoms with E-state index in [0.29, 0.717) is 17.3 Å². The van der Waals surface area contributed by atoms with E-state index in [9.17, 15) is 5.11 Å². The molecule has 136 valence electrons. The van der Waals surface area contributed by atoms with Gasteiger partial charge in [0.1, 0.15) is 6.61 Å². The number of ether oxygens (including phenoxy) is 2. The first-order valence-corrected chi connectivity index (χ1v) is 9.78. The van der Waals surface area contributed by atoms with Gasteiger partial charge in [0.05, 0.1) is 13.2 Å². The molecule has 0 aliphatic heterocycles. The topological polar surface area (TPSA) is 76.5 Å². The molecule has 0 saturated heterocycles. The Balaban J connectivity index is 1.83. The van der Waals surface area contributed by atoms with Crippen molar-refractivity contribution in [3.8, 4) is 11.5 Å². The minimum Gasteiger partial charge on any atom is -0.493 e. The summed E-state index contributed by atoms with van der Waals surface area (Å²) in [6.45, 7) is 4.97. The third-order valence-corrected chi connectivity index (χ3v) is 5.27. The number of hydrogen-bond donors (Lipinski definition) is 2. The van der Waals surface area contributed by atoms with Crippen LogP contribution in [0, 0.1) is 0 Å². The molecule has 1 heterocycles. The van der Waals surface area contributed by atoms with Crippen LogP contribution < -0.4 is 14.8 Å². The lowest BCUT2D eigenvalue weighted by atomic mass is 10.2. The van der Waals surface area contributed by atoms with Crippen LogP contribution in [-0.2, 0) is 0 Å². The second kappa shape index (κ2) is 10.3. The molecule has 0 aliphatic carbocycles. The lowest BCUT2D eigenvalue weighted by molar-refractivity contribution is 0.124. The summed E-state index contributed by atoms with van der Waals surface area (Å²) in [6, 6.07) is 5.70. The minimum atomic E-state index is -0.614. The molecule has 1 atom stereocenters. The highest BCUT2D eigenvalue weighted by atomic mass is 32.2. The predicted molar refractivity (Wildman–Crippen MR) is 104 cm³/mol. The molecule has 1 unspecified atom stereocenters. The Kier molecular flexibility index (Phi) is 8.03. The van der Waals surface area contributed by atoms with E-state index in [1.54, 1.807) is 7.11 Å². The number of hydrogen-bond acceptors (Lipinski definition) is 8. The van der Waals surface area contributed by atoms with E-state index in [1.807, 2.05) is 44.2 Å². The Morgan fingerprint density at radius 3 is 2.92 bits per heavy atom. The fraction of sp³-hybridized carbons (Fsp3) is 0.412. The van der Waals surface area contributed by atoms with Crippen molar-refractivity contribution in [2.45, 2.75) is 24.3 Å². The highest BCUT2D eigenvalue weighted by molar-refractivity contribution is 8.01. The first-order valence-electron chi connectivity index (χ1n) is 7.98. The van der Waals surface area contributed by atoms with E-state index in [4.69, 9.17) is 9.47 Å². The average molecular weight is 382 g/mol. The number of aliphatic hydroxyl groups is 1. The molecule has 2 rings (SSSR count). The molecule has 0 radical (unpaired) electrons. The lowest BCUT2D eigenvalue weighted by Crippen LogP contribution is -2.20. The van der Waals surface area contributed by atoms with Crippen LogP contribution >= 0.6 is 23.1 Å². The van der Waals surface area contributed by atoms with Gasteiger partial charge < -0.3 is 19.9 Å². The molecule has 8 heteroatoms. The third-order valence-electron chi connectivity index (χ3n) is 3.11. The monoisotopic (exact) mass is 381 g/mol. The number of benzene rings is 1. The van der Waals surface area contributed by atoms with Gasteiger partial charge in [0.15, 0.2) is 15.8 Å². The number of anilines is 1. The number of rotatable bonds is 10. The van der Waals surface area contributed by atoms with Gasteiger partial charge in [-0.2, -0.15) is 0 Å². The maximum Gasteiger partial charge on any atom is 0.206 e. The summed E-state index contributed by atoms with van der Waals surface area (Å²) >= 11 is 2.94. The Hall–Kier alpha value is -1.77. The largest absolute Gasteiger partial charge is 0.493 e. The maximum atomic E-state index is 10.1. The molecule has 0 bridgehead atoms. The Labute approximate surface area is 156 Å². The highest BCUT2D eigenvalue weighted by Gasteiger charge is 2.12. The van der Waals surface area contributed by atoms with Crippen molar-refractivity contribution < 1.29 is 14.6 Å². The summed E-state index contributed by atoms with van der Waals surface area (Å²) in [5, 5.41) is 22.1. The van der Waals surface area contributed by atoms with Gasteiger partial charge in [-0.3, -0.25) is 0 Å². The number of aromatic nitrogens is 2. The Bertz CT molecular complexity index is 692. The van der Waals surface area contributed by atoms with Gasteiger partial charge in [-0.1, -0.05) is 41.3 Å². The van der Waals surface area contributed by atoms with Crippen LogP contribution in [0.4, 0.5) is 5.13 Å². The number of aliphatic hydroxyl groups excluding tert-OH is 1. The van der Waals surface area contributed by atoms with Gasteiger partial charge in [0.2, 0.25) is 5.13 Å². The summed E-state index contributed by atoms with van der Waals surface area (Å²) in [4.78, 5) is 0. The first kappa shape index (κ1) is 19.6. The average Bonchev–Trinajstić information content (AvgIpc) is 3.07. The van der Waals surface area contributed by atoms with Crippen LogP contribution in [0.2, 0.25) is 0 Å². The molecule has 0 aliphatic rings. The molecule has 0 fully saturated rings. The Morgan fingerprint density at radius 2 is 2.20 bits per heavy atom. The van der Waals surface area contributed by atoms with E-state index in [1.165, 1.54) is 23.1 Å². The smallest absolute Gasteiger partial charge is 0.206 e. The van der Waals surface area contributed by atoms with Crippen molar-refractivity contribution >= 4 is 34.3 Å². The summed E-state index contributed by atoms with van der Waals surface area (Å²) in [6.07, 6.45) is 3.34. The van der Waals surface area contributed by atoms with Crippen molar-refractivity contribution in [3.63, 3.8) is 0 Å². The molecular formula is C17H23N3O3S2. The maximum absolute atomic E-state index is 10.1. The zero-order valence-electron chi connectivity index (χ0n) is 14.6. The van der Waals surface area contributed by atoms with Crippen molar-refractivity contribution in [3.05, 3.63) is 29.8 Å². The highest BCUT2D eigenvalue weighted by Crippen LogP contribution is 2.29. The summed E-state index contributed by atoms with van der Waals surface area (Å²) < 4.78 is 11.9. The van der Waals surface area contributed by atoms with Crippen LogP contribution in [0.25, 0.3) is 6.08 Å². The second-order valence-corrected chi connectivity index (χ2v) is 7.33. The van der Waals surface area contributed by atoms with Crippen molar-refractivity contribution in [2.75, 3.05) is 31.3 Å². The van der Waals surface area contributed by atoms with Crippen LogP contribution in [0.3, 0.4) is 0 Å². The summed E-state index contributed by atoms with van der Waals surface area (Å²) in [7, 11) is 1.60. The van der Waals surface area contributed by atoms with Gasteiger partial charge in [0, 0.05) is 12.3 Å². The van der Waals surface area contributed by atoms with E-state index >= 15 is 0 Å². The summed E-state index contributed by atoms with van der Waals surface area (Å²) in [5.74, 6) is 1.75. The molecule has 0 spiro atoms. The molecular weight excluding hydrogens is 358 g/mol. The van der Waals surface area contributed by atoms with Gasteiger partial charge in [0.25, 0.3) is 0 Å². The number of nitrogens with one attached hydrogen (secondary N) is 1. The molecule has 0 saturated carbocycles. The van der Waals surface area contributed by atoms with Crippen LogP contribution in [0.15, 0.2) is 28.6 Å². The van der Waals surface area contributed by atoms with Crippen molar-refractivity contribution in [2.24, 2.45) is 0 Å². The Morgan fingerprint density at radius 1 is 1.36 bits per heavy atom. The van der Waals surface area contributed by atoms with E-state index in [-0.39, 0.29) is 6.61 Å². The molecule has 25 heavy (non-hydrogen) atoms. The fourth-order valence-corrected chi connectivity index (χ4v) is 3.74. The first-order chi connectivity index (χ1) is 12.2. The SMILES string of the molecule is C/C=C/c1ccc(OCC(O)CSc2nnc(NCC)s2)c(OC)c1. The molecule has 2 aromatic rings. The number of allylic oxidation sites excluding steroid dienone is 1. The zero-order valence-corrected chi connectivity index (χ0v) is 16.2. The summed E-state index contributed by atoms with van der Waals surface area (Å²) in [5.41, 5.74) is 1.04. The van der Waals surface area contributed by atoms with Gasteiger partial charge in [-0.25, -0.2) is 0 Å². The minimum absolute atomic E-state index is 0.186. The van der Waals surface area contributed by atoms with Gasteiger partial charge in [-0.15, -0.1) is 10.2 Å². The fourth-order valence-electron chi connectivity index (χ4n) is 1.99. The standard InChI is InChI=1S/C17H23N3O3S2/c1-4-6-12-7-8-14(15(9-12)22-3)23-10-13(21)11-24-17-20-19-16(25-17)18-5-2/h4,6-9,13,21H,5,10-11H2,1-3H3,(H,18,19)/b6-4+. The van der Waals surface area contributed by atoms with Gasteiger partial charge >= 0.3 is 0 Å². The number of nitrogens with zero attached hydrogens (tertiary/aromatic N) is 2. The molecule has 1 aromatic carbocycles. The number of thioether (sulfide) groups is 1. The normalized spacial score (nSPS) is 12.3. The van der Waals surface area contributed by atoms with Crippen LogP contribution in [-0.4, -0.2) is 47.4 Å². The second-order valence-electron chi connectivity index (χ2n) is 5.09. The number of methoxy groups -OCH3 is 1. The molecule has 2 N–H and O–H groups in total. The zero-order chi connectivity index (χ0) is 18.1. The van der Waals surface area contributed by atoms with Crippen molar-refractivity contribution in [1.29, 1.82) is 0 Å². The van der Waals surface area contributed by atoms with Crippen LogP contribution in [0.5, 0.6) is 11.5 Å². The molecule has 0 amide bonds. The molecule has 1 aromatic heterocycles. The molecule has 6 nitrogen and oxygen atoms in total. The predicted octanol–water partition coefficient (Wildman–Crippen LogP) is 3.54. The van der Waals surface area contributed by atoms with Crippen LogP contribution in [0.1, 0.15) is 19.4 Å². The van der Waals surface area contributed by atoms with E-state index < -0.39 is 6.10 Å². The van der Waals surface area contributed by atoms with Gasteiger partial charge in [-0.05, 0) is 31.5 Å². The van der Waals surface area contributed by atoms with E-state index in [0.717, 1.165) is 21.6 Å². The third kappa shape index (κ3) is 6.22. The van der Waals surface area contributed by atoms with Crippen molar-refractivity contribution in [1.82, 2.24) is 10.2 Å². The lowest BCUT2D eigenvalue weighted by Gasteiger charge is -2.14.